The van der Waals surface area contributed by atoms with Gasteiger partial charge in [0, 0.05) is 29.0 Å². The number of para-hydroxylation sites is 2. The number of hydrogen-bond donors (Lipinski definition) is 1. The summed E-state index contributed by atoms with van der Waals surface area (Å²) in [7, 11) is 0. The molecule has 0 atom stereocenters. The number of ether oxygens (including phenoxy) is 1. The molecule has 4 aromatic rings. The van der Waals surface area contributed by atoms with Crippen molar-refractivity contribution in [2.45, 2.75) is 20.2 Å². The first-order valence-corrected chi connectivity index (χ1v) is 10.3. The highest BCUT2D eigenvalue weighted by atomic mass is 35.5. The molecule has 0 saturated carbocycles. The highest BCUT2D eigenvalue weighted by Crippen LogP contribution is 2.26. The second-order valence-corrected chi connectivity index (χ2v) is 7.52. The monoisotopic (exact) mass is 466 g/mol. The summed E-state index contributed by atoms with van der Waals surface area (Å²) in [5.41, 5.74) is 1.78. The summed E-state index contributed by atoms with van der Waals surface area (Å²) in [4.78, 5) is 23.1. The number of aromatic nitrogens is 4. The molecule has 1 N–H and O–H groups in total. The van der Waals surface area contributed by atoms with E-state index < -0.39 is 10.8 Å². The summed E-state index contributed by atoms with van der Waals surface area (Å²) in [6.07, 6.45) is 1.55. The third kappa shape index (κ3) is 5.18. The minimum absolute atomic E-state index is 0.0935. The van der Waals surface area contributed by atoms with E-state index in [0.29, 0.717) is 17.4 Å². The summed E-state index contributed by atoms with van der Waals surface area (Å²) in [5.74, 6) is 0.0561. The fraction of sp³-hybridized carbons (Fsp3) is 0.136. The Morgan fingerprint density at radius 3 is 2.70 bits per heavy atom. The number of benzene rings is 2. The van der Waals surface area contributed by atoms with Crippen molar-refractivity contribution in [3.05, 3.63) is 98.9 Å². The molecule has 0 fully saturated rings. The summed E-state index contributed by atoms with van der Waals surface area (Å²) < 4.78 is 8.60. The van der Waals surface area contributed by atoms with Gasteiger partial charge < -0.3 is 10.1 Å². The molecule has 2 aromatic carbocycles. The smallest absolute Gasteiger partial charge is 0.311 e. The van der Waals surface area contributed by atoms with E-state index >= 15 is 0 Å². The van der Waals surface area contributed by atoms with Crippen molar-refractivity contribution < 1.29 is 14.5 Å². The molecule has 168 valence electrons. The van der Waals surface area contributed by atoms with Crippen molar-refractivity contribution in [3.63, 3.8) is 0 Å². The zero-order valence-corrected chi connectivity index (χ0v) is 18.3. The van der Waals surface area contributed by atoms with Crippen molar-refractivity contribution in [2.75, 3.05) is 5.32 Å². The lowest BCUT2D eigenvalue weighted by atomic mass is 10.2. The van der Waals surface area contributed by atoms with Gasteiger partial charge >= 0.3 is 5.69 Å². The quantitative estimate of drug-likeness (QED) is 0.306. The van der Waals surface area contributed by atoms with Gasteiger partial charge in [-0.15, -0.1) is 0 Å². The van der Waals surface area contributed by atoms with E-state index in [9.17, 15) is 14.9 Å². The van der Waals surface area contributed by atoms with Crippen LogP contribution in [0.2, 0.25) is 5.02 Å². The van der Waals surface area contributed by atoms with Gasteiger partial charge in [0.1, 0.15) is 0 Å². The number of nitrogens with one attached hydrogen (secondary N) is 1. The van der Waals surface area contributed by atoms with Gasteiger partial charge in [-0.2, -0.15) is 10.2 Å². The number of nitrogens with zero attached hydrogens (tertiary/aromatic N) is 5. The SMILES string of the molecule is Cc1cc(NC(=O)c2ccn(COc3ccccc3[N+](=O)[O-])n2)nn1Cc1ccccc1Cl. The highest BCUT2D eigenvalue weighted by Gasteiger charge is 2.16. The second kappa shape index (κ2) is 9.53. The van der Waals surface area contributed by atoms with Crippen molar-refractivity contribution in [1.29, 1.82) is 0 Å². The van der Waals surface area contributed by atoms with Crippen molar-refractivity contribution >= 4 is 29.0 Å². The van der Waals surface area contributed by atoms with Crippen LogP contribution in [0.3, 0.4) is 0 Å². The Hall–Kier alpha value is -4.18. The molecule has 0 aliphatic rings. The van der Waals surface area contributed by atoms with E-state index in [2.05, 4.69) is 15.5 Å². The molecule has 2 aromatic heterocycles. The standard InChI is InChI=1S/C22H19ClN6O4/c1-15-12-21(26-28(15)13-16-6-2-3-7-17(16)23)24-22(30)18-10-11-27(25-18)14-33-20-9-5-4-8-19(20)29(31)32/h2-12H,13-14H2,1H3,(H,24,26,30). The lowest BCUT2D eigenvalue weighted by Crippen LogP contribution is -2.15. The number of rotatable bonds is 8. The topological polar surface area (TPSA) is 117 Å². The molecule has 33 heavy (non-hydrogen) atoms. The normalized spacial score (nSPS) is 10.7. The molecular formula is C22H19ClN6O4. The van der Waals surface area contributed by atoms with Crippen LogP contribution in [-0.2, 0) is 13.3 Å². The highest BCUT2D eigenvalue weighted by molar-refractivity contribution is 6.31. The fourth-order valence-electron chi connectivity index (χ4n) is 3.12. The molecule has 0 aliphatic heterocycles. The average Bonchev–Trinajstić information content (AvgIpc) is 3.40. The number of hydrogen-bond acceptors (Lipinski definition) is 6. The number of anilines is 1. The van der Waals surface area contributed by atoms with Gasteiger partial charge in [-0.1, -0.05) is 41.9 Å². The molecular weight excluding hydrogens is 448 g/mol. The number of carbonyl (C=O) groups excluding carboxylic acids is 1. The Morgan fingerprint density at radius 2 is 1.91 bits per heavy atom. The Kier molecular flexibility index (Phi) is 6.36. The number of aryl methyl sites for hydroxylation is 1. The van der Waals surface area contributed by atoms with Crippen LogP contribution in [0, 0.1) is 17.0 Å². The molecule has 2 heterocycles. The van der Waals surface area contributed by atoms with Crippen LogP contribution in [0.1, 0.15) is 21.7 Å². The van der Waals surface area contributed by atoms with Crippen molar-refractivity contribution in [3.8, 4) is 5.75 Å². The Labute approximate surface area is 193 Å². The lowest BCUT2D eigenvalue weighted by molar-refractivity contribution is -0.386. The van der Waals surface area contributed by atoms with Crippen LogP contribution in [0.5, 0.6) is 5.75 Å². The zero-order valence-electron chi connectivity index (χ0n) is 17.5. The predicted octanol–water partition coefficient (Wildman–Crippen LogP) is 4.29. The van der Waals surface area contributed by atoms with Gasteiger partial charge in [0.2, 0.25) is 0 Å². The van der Waals surface area contributed by atoms with E-state index in [1.165, 1.54) is 22.9 Å². The van der Waals surface area contributed by atoms with Gasteiger partial charge in [-0.05, 0) is 30.7 Å². The first-order chi connectivity index (χ1) is 15.9. The van der Waals surface area contributed by atoms with Crippen molar-refractivity contribution in [2.24, 2.45) is 0 Å². The Morgan fingerprint density at radius 1 is 1.15 bits per heavy atom. The molecule has 0 radical (unpaired) electrons. The minimum atomic E-state index is -0.524. The predicted molar refractivity (Wildman–Crippen MR) is 121 cm³/mol. The lowest BCUT2D eigenvalue weighted by Gasteiger charge is -2.06. The minimum Gasteiger partial charge on any atom is -0.464 e. The molecule has 1 amide bonds. The first kappa shape index (κ1) is 22.0. The Bertz CT molecular complexity index is 1320. The van der Waals surface area contributed by atoms with Gasteiger partial charge in [0.15, 0.2) is 24.0 Å². The summed E-state index contributed by atoms with van der Waals surface area (Å²) in [6.45, 7) is 2.26. The van der Waals surface area contributed by atoms with Crippen LogP contribution in [0.4, 0.5) is 11.5 Å². The molecule has 10 nitrogen and oxygen atoms in total. The van der Waals surface area contributed by atoms with Crippen LogP contribution >= 0.6 is 11.6 Å². The first-order valence-electron chi connectivity index (χ1n) is 9.89. The zero-order chi connectivity index (χ0) is 23.4. The summed E-state index contributed by atoms with van der Waals surface area (Å²) in [6, 6.07) is 16.8. The number of amides is 1. The Balaban J connectivity index is 1.39. The number of carbonyl (C=O) groups is 1. The van der Waals surface area contributed by atoms with Crippen molar-refractivity contribution in [1.82, 2.24) is 19.6 Å². The molecule has 0 aliphatic carbocycles. The molecule has 11 heteroatoms. The second-order valence-electron chi connectivity index (χ2n) is 7.11. The third-order valence-electron chi connectivity index (χ3n) is 4.79. The van der Waals surface area contributed by atoms with Crippen LogP contribution < -0.4 is 10.1 Å². The van der Waals surface area contributed by atoms with Crippen LogP contribution in [-0.4, -0.2) is 30.4 Å². The molecule has 0 bridgehead atoms. The number of nitro benzene ring substituents is 1. The maximum atomic E-state index is 12.6. The number of nitro groups is 1. The number of halogens is 1. The average molecular weight is 467 g/mol. The van der Waals surface area contributed by atoms with Gasteiger partial charge in [-0.25, -0.2) is 4.68 Å². The maximum absolute atomic E-state index is 12.6. The molecule has 0 saturated heterocycles. The van der Waals surface area contributed by atoms with E-state index in [1.54, 1.807) is 29.1 Å². The van der Waals surface area contributed by atoms with E-state index in [4.69, 9.17) is 16.3 Å². The molecule has 0 spiro atoms. The van der Waals surface area contributed by atoms with Gasteiger partial charge in [0.05, 0.1) is 11.5 Å². The van der Waals surface area contributed by atoms with E-state index in [1.807, 2.05) is 31.2 Å². The van der Waals surface area contributed by atoms with Crippen LogP contribution in [0.15, 0.2) is 66.9 Å². The third-order valence-corrected chi connectivity index (χ3v) is 5.16. The van der Waals surface area contributed by atoms with Gasteiger partial charge in [-0.3, -0.25) is 19.6 Å². The molecule has 4 rings (SSSR count). The fourth-order valence-corrected chi connectivity index (χ4v) is 3.32. The van der Waals surface area contributed by atoms with Gasteiger partial charge in [0.25, 0.3) is 5.91 Å². The van der Waals surface area contributed by atoms with Crippen LogP contribution in [0.25, 0.3) is 0 Å². The summed E-state index contributed by atoms with van der Waals surface area (Å²) >= 11 is 6.22. The maximum Gasteiger partial charge on any atom is 0.311 e. The largest absolute Gasteiger partial charge is 0.464 e. The summed E-state index contributed by atoms with van der Waals surface area (Å²) in [5, 5.41) is 23.0. The van der Waals surface area contributed by atoms with E-state index in [0.717, 1.165) is 11.3 Å². The molecule has 0 unspecified atom stereocenters. The van der Waals surface area contributed by atoms with E-state index in [-0.39, 0.29) is 23.9 Å².